The Labute approximate surface area is 265 Å². The van der Waals surface area contributed by atoms with Gasteiger partial charge in [-0.15, -0.1) is 0 Å². The third-order valence-corrected chi connectivity index (χ3v) is 8.63. The van der Waals surface area contributed by atoms with Crippen LogP contribution in [0.1, 0.15) is 48.6 Å². The number of carbonyl (C=O) groups excluding carboxylic acids is 2. The minimum atomic E-state index is -5.19. The van der Waals surface area contributed by atoms with E-state index in [1.54, 1.807) is 43.5 Å². The number of nitrogens with zero attached hydrogens (tertiary/aromatic N) is 2. The normalized spacial score (nSPS) is 21.3. The van der Waals surface area contributed by atoms with Crippen molar-refractivity contribution >= 4 is 29.2 Å². The van der Waals surface area contributed by atoms with Crippen molar-refractivity contribution in [2.24, 2.45) is 17.8 Å². The lowest BCUT2D eigenvalue weighted by atomic mass is 9.68. The molecule has 1 fully saturated rings. The number of hydrogen-bond donors (Lipinski definition) is 3. The number of anilines is 1. The first-order valence-electron chi connectivity index (χ1n) is 14.7. The van der Waals surface area contributed by atoms with Crippen molar-refractivity contribution in [2.45, 2.75) is 44.6 Å². The molecule has 0 bridgehead atoms. The number of amides is 2. The van der Waals surface area contributed by atoms with Crippen molar-refractivity contribution in [2.75, 3.05) is 11.5 Å². The molecule has 2 aliphatic rings. The Balaban J connectivity index is 1.44. The molecule has 3 aromatic rings. The van der Waals surface area contributed by atoms with E-state index in [-0.39, 0.29) is 31.1 Å². The number of phenols is 1. The number of imide groups is 1. The average molecular weight is 661 g/mol. The Morgan fingerprint density at radius 1 is 0.979 bits per heavy atom. The van der Waals surface area contributed by atoms with E-state index in [0.717, 1.165) is 11.1 Å². The Bertz CT molecular complexity index is 1690. The summed E-state index contributed by atoms with van der Waals surface area (Å²) in [6.07, 6.45) is -7.90. The Kier molecular flexibility index (Phi) is 9.33. The highest BCUT2D eigenvalue weighted by Gasteiger charge is 2.55. The molecule has 7 nitrogen and oxygen atoms in total. The van der Waals surface area contributed by atoms with Crippen molar-refractivity contribution in [3.05, 3.63) is 100 Å². The summed E-state index contributed by atoms with van der Waals surface area (Å²) in [7, 11) is 0. The smallest absolute Gasteiger partial charge is 0.416 e. The van der Waals surface area contributed by atoms with Gasteiger partial charge in [-0.05, 0) is 91.4 Å². The van der Waals surface area contributed by atoms with E-state index in [1.807, 2.05) is 6.08 Å². The molecule has 2 aromatic carbocycles. The molecule has 1 aliphatic heterocycles. The van der Waals surface area contributed by atoms with Crippen LogP contribution in [0.4, 0.5) is 32.0 Å². The lowest BCUT2D eigenvalue weighted by Crippen LogP contribution is -2.38. The van der Waals surface area contributed by atoms with Gasteiger partial charge in [-0.1, -0.05) is 23.8 Å². The number of aliphatic hydroxyl groups is 2. The summed E-state index contributed by atoms with van der Waals surface area (Å²) >= 11 is 0. The number of halogens is 6. The molecule has 0 unspecified atom stereocenters. The van der Waals surface area contributed by atoms with E-state index >= 15 is 0 Å². The molecule has 1 aromatic heterocycles. The molecule has 47 heavy (non-hydrogen) atoms. The fourth-order valence-corrected chi connectivity index (χ4v) is 6.49. The molecule has 1 aliphatic carbocycles. The molecule has 2 amide bonds. The zero-order chi connectivity index (χ0) is 34.3. The predicted octanol–water partition coefficient (Wildman–Crippen LogP) is 6.64. The Morgan fingerprint density at radius 2 is 1.62 bits per heavy atom. The zero-order valence-electron chi connectivity index (χ0n) is 24.9. The Hall–Kier alpha value is -4.49. The highest BCUT2D eigenvalue weighted by molar-refractivity contribution is 6.22. The van der Waals surface area contributed by atoms with Crippen LogP contribution in [0.3, 0.4) is 0 Å². The van der Waals surface area contributed by atoms with Crippen LogP contribution >= 0.6 is 0 Å². The van der Waals surface area contributed by atoms with Crippen LogP contribution in [0.2, 0.25) is 0 Å². The number of benzene rings is 2. The number of alkyl halides is 6. The van der Waals surface area contributed by atoms with Gasteiger partial charge in [0.2, 0.25) is 11.8 Å². The maximum absolute atomic E-state index is 13.7. The van der Waals surface area contributed by atoms with Gasteiger partial charge >= 0.3 is 12.4 Å². The first kappa shape index (κ1) is 33.9. The molecule has 0 radical (unpaired) electrons. The minimum Gasteiger partial charge on any atom is -0.508 e. The SMILES string of the molecule is CC1=C([C@H](O)CC/C(=C/c2ccc(O)cc2)c2ccccn2)[C@H](CO)[C@@H]2C(=O)N(c3cc(C(F)(F)F)cc(C(F)(F)F)c3)C(=O)[C@@H]2C1. The number of carbonyl (C=O) groups is 2. The van der Waals surface area contributed by atoms with E-state index < -0.39 is 71.4 Å². The maximum Gasteiger partial charge on any atom is 0.416 e. The number of phenolic OH excluding ortho intramolecular Hbond substituents is 1. The highest BCUT2D eigenvalue weighted by atomic mass is 19.4. The second kappa shape index (κ2) is 13.0. The van der Waals surface area contributed by atoms with Gasteiger partial charge in [-0.25, -0.2) is 4.90 Å². The summed E-state index contributed by atoms with van der Waals surface area (Å²) in [6.45, 7) is 0.903. The monoisotopic (exact) mass is 660 g/mol. The van der Waals surface area contributed by atoms with Gasteiger partial charge in [0.05, 0.1) is 47.1 Å². The van der Waals surface area contributed by atoms with E-state index in [0.29, 0.717) is 33.9 Å². The van der Waals surface area contributed by atoms with Crippen LogP contribution in [0.15, 0.2) is 78.0 Å². The second-order valence-electron chi connectivity index (χ2n) is 11.7. The molecular weight excluding hydrogens is 630 g/mol. The summed E-state index contributed by atoms with van der Waals surface area (Å²) in [6, 6.07) is 12.3. The second-order valence-corrected chi connectivity index (χ2v) is 11.7. The molecule has 0 saturated carbocycles. The summed E-state index contributed by atoms with van der Waals surface area (Å²) in [5.74, 6) is -5.53. The molecule has 13 heteroatoms. The van der Waals surface area contributed by atoms with Gasteiger partial charge in [0.1, 0.15) is 5.75 Å². The van der Waals surface area contributed by atoms with Crippen molar-refractivity contribution < 1.29 is 51.3 Å². The topological polar surface area (TPSA) is 111 Å². The zero-order valence-corrected chi connectivity index (χ0v) is 24.9. The first-order chi connectivity index (χ1) is 22.1. The quantitative estimate of drug-likeness (QED) is 0.142. The number of aromatic nitrogens is 1. The molecule has 2 heterocycles. The molecule has 5 rings (SSSR count). The number of aromatic hydroxyl groups is 1. The largest absolute Gasteiger partial charge is 0.508 e. The average Bonchev–Trinajstić information content (AvgIpc) is 3.27. The van der Waals surface area contributed by atoms with Crippen molar-refractivity contribution in [1.82, 2.24) is 4.98 Å². The predicted molar refractivity (Wildman–Crippen MR) is 159 cm³/mol. The van der Waals surface area contributed by atoms with Crippen LogP contribution in [0.25, 0.3) is 11.6 Å². The number of hydrogen-bond acceptors (Lipinski definition) is 6. The van der Waals surface area contributed by atoms with E-state index in [1.165, 1.54) is 12.1 Å². The fraction of sp³-hybridized carbons (Fsp3) is 0.324. The summed E-state index contributed by atoms with van der Waals surface area (Å²) in [4.78, 5) is 31.9. The van der Waals surface area contributed by atoms with E-state index in [9.17, 15) is 51.3 Å². The van der Waals surface area contributed by atoms with Gasteiger partial charge in [-0.3, -0.25) is 14.6 Å². The Morgan fingerprint density at radius 3 is 2.17 bits per heavy atom. The number of allylic oxidation sites excluding steroid dienone is 2. The van der Waals surface area contributed by atoms with Gasteiger partial charge in [0.15, 0.2) is 0 Å². The molecule has 1 saturated heterocycles. The summed E-state index contributed by atoms with van der Waals surface area (Å²) < 4.78 is 81.3. The molecule has 0 spiro atoms. The van der Waals surface area contributed by atoms with Crippen LogP contribution in [0, 0.1) is 17.8 Å². The van der Waals surface area contributed by atoms with Crippen molar-refractivity contribution in [3.63, 3.8) is 0 Å². The van der Waals surface area contributed by atoms with Crippen molar-refractivity contribution in [1.29, 1.82) is 0 Å². The third kappa shape index (κ3) is 6.96. The summed E-state index contributed by atoms with van der Waals surface area (Å²) in [5.41, 5.74) is -1.34. The van der Waals surface area contributed by atoms with Crippen LogP contribution in [-0.2, 0) is 21.9 Å². The molecule has 3 N–H and O–H groups in total. The lowest BCUT2D eigenvalue weighted by molar-refractivity contribution is -0.143. The minimum absolute atomic E-state index is 0.0809. The van der Waals surface area contributed by atoms with Gasteiger partial charge in [-0.2, -0.15) is 26.3 Å². The lowest BCUT2D eigenvalue weighted by Gasteiger charge is -2.35. The van der Waals surface area contributed by atoms with Crippen LogP contribution < -0.4 is 4.90 Å². The number of fused-ring (bicyclic) bond motifs is 1. The number of aliphatic hydroxyl groups excluding tert-OH is 2. The van der Waals surface area contributed by atoms with Gasteiger partial charge in [0.25, 0.3) is 0 Å². The number of rotatable bonds is 8. The van der Waals surface area contributed by atoms with E-state index in [2.05, 4.69) is 4.98 Å². The molecular formula is C34H30F6N2O5. The van der Waals surface area contributed by atoms with E-state index in [4.69, 9.17) is 0 Å². The molecule has 4 atom stereocenters. The summed E-state index contributed by atoms with van der Waals surface area (Å²) in [5, 5.41) is 31.5. The first-order valence-corrected chi connectivity index (χ1v) is 14.7. The third-order valence-electron chi connectivity index (χ3n) is 8.63. The van der Waals surface area contributed by atoms with Gasteiger partial charge < -0.3 is 15.3 Å². The van der Waals surface area contributed by atoms with Gasteiger partial charge in [0, 0.05) is 12.1 Å². The van der Waals surface area contributed by atoms with Crippen molar-refractivity contribution in [3.8, 4) is 5.75 Å². The number of pyridine rings is 1. The molecule has 248 valence electrons. The van der Waals surface area contributed by atoms with Crippen LogP contribution in [-0.4, -0.2) is 44.8 Å². The highest BCUT2D eigenvalue weighted by Crippen LogP contribution is 2.48. The van der Waals surface area contributed by atoms with Crippen LogP contribution in [0.5, 0.6) is 5.75 Å². The standard InChI is InChI=1S/C34H30F6N2O5/c1-18-12-25-30(32(47)42(31(25)46)23-15-21(33(35,36)37)14-22(16-23)34(38,39)40)26(17-43)29(18)28(45)10-7-20(27-4-2-3-11-41-27)13-19-5-8-24(44)9-6-19/h2-6,8-9,11,13-16,25-26,28,30,43-45H,7,10,12,17H2,1H3/b20-13-/t25-,26+,28-,30-/m1/s1. The maximum atomic E-state index is 13.7. The fourth-order valence-electron chi connectivity index (χ4n) is 6.49.